The number of hydrogen-bond acceptors (Lipinski definition) is 1. The summed E-state index contributed by atoms with van der Waals surface area (Å²) in [5.74, 6) is 1.60. The van der Waals surface area contributed by atoms with Crippen molar-refractivity contribution >= 4 is 6.08 Å². The predicted molar refractivity (Wildman–Crippen MR) is 117 cm³/mol. The fourth-order valence-electron chi connectivity index (χ4n) is 5.60. The molecule has 0 aromatic heterocycles. The fourth-order valence-corrected chi connectivity index (χ4v) is 5.60. The van der Waals surface area contributed by atoms with Crippen molar-refractivity contribution in [2.45, 2.75) is 85.0 Å². The van der Waals surface area contributed by atoms with E-state index in [9.17, 15) is 8.78 Å². The van der Waals surface area contributed by atoms with Crippen LogP contribution < -0.4 is 4.74 Å². The van der Waals surface area contributed by atoms with Gasteiger partial charge in [0.05, 0.1) is 6.61 Å². The van der Waals surface area contributed by atoms with E-state index in [0.717, 1.165) is 23.3 Å². The van der Waals surface area contributed by atoms with Crippen molar-refractivity contribution in [3.63, 3.8) is 0 Å². The van der Waals surface area contributed by atoms with Crippen molar-refractivity contribution in [2.24, 2.45) is 23.7 Å². The second-order valence-electron chi connectivity index (χ2n) is 9.27. The molecule has 0 unspecified atom stereocenters. The van der Waals surface area contributed by atoms with Crippen LogP contribution in [0.15, 0.2) is 12.1 Å². The van der Waals surface area contributed by atoms with E-state index in [0.29, 0.717) is 18.1 Å². The molecule has 0 aliphatic heterocycles. The van der Waals surface area contributed by atoms with Gasteiger partial charge in [-0.2, -0.15) is 4.39 Å². The average molecular weight is 405 g/mol. The van der Waals surface area contributed by atoms with E-state index in [2.05, 4.69) is 13.0 Å². The van der Waals surface area contributed by atoms with Crippen LogP contribution in [-0.2, 0) is 0 Å². The van der Waals surface area contributed by atoms with E-state index in [4.69, 9.17) is 4.74 Å². The molecule has 0 amide bonds. The summed E-state index contributed by atoms with van der Waals surface area (Å²) in [4.78, 5) is 0. The maximum absolute atomic E-state index is 14.5. The predicted octanol–water partition coefficient (Wildman–Crippen LogP) is 8.10. The Morgan fingerprint density at radius 2 is 1.55 bits per heavy atom. The molecule has 1 aromatic carbocycles. The second-order valence-corrected chi connectivity index (χ2v) is 9.27. The van der Waals surface area contributed by atoms with Gasteiger partial charge >= 0.3 is 0 Å². The third-order valence-corrected chi connectivity index (χ3v) is 7.32. The smallest absolute Gasteiger partial charge is 0.201 e. The third kappa shape index (κ3) is 5.61. The SMILES string of the molecule is CCCC1CCC(C2CCC(C=Cc3c(C)cc(OCC)c(F)c3F)CC2)CC1. The third-order valence-electron chi connectivity index (χ3n) is 7.32. The van der Waals surface area contributed by atoms with Gasteiger partial charge in [-0.1, -0.05) is 44.8 Å². The minimum absolute atomic E-state index is 0.00816. The molecule has 0 atom stereocenters. The molecule has 0 N–H and O–H groups in total. The summed E-state index contributed by atoms with van der Waals surface area (Å²) in [5.41, 5.74) is 1.09. The van der Waals surface area contributed by atoms with E-state index in [1.165, 1.54) is 64.2 Å². The first-order chi connectivity index (χ1) is 14.0. The van der Waals surface area contributed by atoms with Gasteiger partial charge in [0, 0.05) is 5.56 Å². The van der Waals surface area contributed by atoms with Gasteiger partial charge in [0.15, 0.2) is 11.6 Å². The lowest BCUT2D eigenvalue weighted by Crippen LogP contribution is -2.25. The van der Waals surface area contributed by atoms with Crippen LogP contribution in [0.3, 0.4) is 0 Å². The summed E-state index contributed by atoms with van der Waals surface area (Å²) in [7, 11) is 0. The Kier molecular flexibility index (Phi) is 8.15. The highest BCUT2D eigenvalue weighted by atomic mass is 19.2. The molecule has 2 aliphatic rings. The van der Waals surface area contributed by atoms with Crippen LogP contribution in [0, 0.1) is 42.2 Å². The Hall–Kier alpha value is -1.38. The summed E-state index contributed by atoms with van der Waals surface area (Å²) in [6, 6.07) is 1.60. The number of allylic oxidation sites excluding steroid dienone is 1. The summed E-state index contributed by atoms with van der Waals surface area (Å²) >= 11 is 0. The zero-order valence-corrected chi connectivity index (χ0v) is 18.5. The number of benzene rings is 1. The minimum atomic E-state index is -0.875. The van der Waals surface area contributed by atoms with Gasteiger partial charge in [-0.05, 0) is 87.7 Å². The van der Waals surface area contributed by atoms with Crippen molar-refractivity contribution in [1.29, 1.82) is 0 Å². The van der Waals surface area contributed by atoms with Crippen LogP contribution in [0.2, 0.25) is 0 Å². The van der Waals surface area contributed by atoms with E-state index < -0.39 is 11.6 Å². The summed E-state index contributed by atoms with van der Waals surface area (Å²) in [5, 5.41) is 0. The molecular formula is C26H38F2O. The number of ether oxygens (including phenoxy) is 1. The molecule has 3 heteroatoms. The van der Waals surface area contributed by atoms with Crippen LogP contribution >= 0.6 is 0 Å². The Balaban J connectivity index is 1.53. The molecule has 0 heterocycles. The molecular weight excluding hydrogens is 366 g/mol. The summed E-state index contributed by atoms with van der Waals surface area (Å²) < 4.78 is 33.9. The maximum Gasteiger partial charge on any atom is 0.201 e. The molecule has 162 valence electrons. The quantitative estimate of drug-likeness (QED) is 0.446. The Bertz CT molecular complexity index is 680. The zero-order chi connectivity index (χ0) is 20.8. The molecule has 0 bridgehead atoms. The molecule has 2 fully saturated rings. The van der Waals surface area contributed by atoms with Crippen LogP contribution in [0.4, 0.5) is 8.78 Å². The molecule has 0 saturated heterocycles. The second kappa shape index (κ2) is 10.6. The first-order valence-electron chi connectivity index (χ1n) is 11.8. The van der Waals surface area contributed by atoms with Gasteiger partial charge in [0.25, 0.3) is 0 Å². The number of halogens is 2. The molecule has 2 saturated carbocycles. The topological polar surface area (TPSA) is 9.23 Å². The van der Waals surface area contributed by atoms with E-state index in [-0.39, 0.29) is 5.75 Å². The standard InChI is InChI=1S/C26H38F2O/c1-4-6-19-7-12-21(13-8-19)22-14-9-20(10-15-22)11-16-23-18(3)17-24(29-5-2)26(28)25(23)27/h11,16-17,19-22H,4-10,12-15H2,1-3H3. The van der Waals surface area contributed by atoms with Gasteiger partial charge in [-0.25, -0.2) is 4.39 Å². The van der Waals surface area contributed by atoms with Crippen LogP contribution in [0.25, 0.3) is 6.08 Å². The van der Waals surface area contributed by atoms with Crippen molar-refractivity contribution in [3.05, 3.63) is 34.9 Å². The molecule has 29 heavy (non-hydrogen) atoms. The average Bonchev–Trinajstić information content (AvgIpc) is 2.73. The van der Waals surface area contributed by atoms with E-state index in [1.807, 2.05) is 6.92 Å². The number of aryl methyl sites for hydroxylation is 1. The highest BCUT2D eigenvalue weighted by Crippen LogP contribution is 2.42. The minimum Gasteiger partial charge on any atom is -0.491 e. The molecule has 1 aromatic rings. The fraction of sp³-hybridized carbons (Fsp3) is 0.692. The molecule has 0 radical (unpaired) electrons. The normalized spacial score (nSPS) is 28.0. The molecule has 3 rings (SSSR count). The van der Waals surface area contributed by atoms with Crippen molar-refractivity contribution in [2.75, 3.05) is 6.61 Å². The Morgan fingerprint density at radius 1 is 0.931 bits per heavy atom. The maximum atomic E-state index is 14.5. The van der Waals surface area contributed by atoms with Gasteiger partial charge in [-0.3, -0.25) is 0 Å². The van der Waals surface area contributed by atoms with Gasteiger partial charge in [0.2, 0.25) is 5.82 Å². The highest BCUT2D eigenvalue weighted by Gasteiger charge is 2.30. The monoisotopic (exact) mass is 404 g/mol. The molecule has 1 nitrogen and oxygen atoms in total. The largest absolute Gasteiger partial charge is 0.491 e. The molecule has 2 aliphatic carbocycles. The summed E-state index contributed by atoms with van der Waals surface area (Å²) in [6.45, 7) is 6.22. The lowest BCUT2D eigenvalue weighted by atomic mass is 9.68. The van der Waals surface area contributed by atoms with Gasteiger partial charge in [0.1, 0.15) is 0 Å². The Morgan fingerprint density at radius 3 is 2.14 bits per heavy atom. The van der Waals surface area contributed by atoms with Crippen LogP contribution in [0.1, 0.15) is 89.2 Å². The van der Waals surface area contributed by atoms with Crippen LogP contribution in [-0.4, -0.2) is 6.61 Å². The highest BCUT2D eigenvalue weighted by molar-refractivity contribution is 5.57. The van der Waals surface area contributed by atoms with Crippen LogP contribution in [0.5, 0.6) is 5.75 Å². The zero-order valence-electron chi connectivity index (χ0n) is 18.5. The van der Waals surface area contributed by atoms with Crippen molar-refractivity contribution < 1.29 is 13.5 Å². The summed E-state index contributed by atoms with van der Waals surface area (Å²) in [6.07, 6.45) is 17.3. The van der Waals surface area contributed by atoms with E-state index >= 15 is 0 Å². The van der Waals surface area contributed by atoms with Gasteiger partial charge < -0.3 is 4.74 Å². The van der Waals surface area contributed by atoms with Crippen molar-refractivity contribution in [1.82, 2.24) is 0 Å². The first kappa shape index (κ1) is 22.3. The van der Waals surface area contributed by atoms with Crippen molar-refractivity contribution in [3.8, 4) is 5.75 Å². The Labute approximate surface area is 175 Å². The number of hydrogen-bond donors (Lipinski definition) is 0. The van der Waals surface area contributed by atoms with Gasteiger partial charge in [-0.15, -0.1) is 0 Å². The molecule has 0 spiro atoms. The lowest BCUT2D eigenvalue weighted by Gasteiger charge is -2.37. The first-order valence-corrected chi connectivity index (χ1v) is 11.8. The lowest BCUT2D eigenvalue weighted by molar-refractivity contribution is 0.152. The van der Waals surface area contributed by atoms with E-state index in [1.54, 1.807) is 19.1 Å². The number of rotatable bonds is 7.